The van der Waals surface area contributed by atoms with Gasteiger partial charge in [0.15, 0.2) is 0 Å². The molecule has 2 aromatic heterocycles. The first-order valence-electron chi connectivity index (χ1n) is 9.50. The lowest BCUT2D eigenvalue weighted by Gasteiger charge is -2.11. The highest BCUT2D eigenvalue weighted by Crippen LogP contribution is 2.29. The maximum Gasteiger partial charge on any atom is 0.258 e. The van der Waals surface area contributed by atoms with E-state index in [0.717, 1.165) is 5.56 Å². The fourth-order valence-electron chi connectivity index (χ4n) is 3.51. The summed E-state index contributed by atoms with van der Waals surface area (Å²) in [5, 5.41) is 27.4. The van der Waals surface area contributed by atoms with Gasteiger partial charge < -0.3 is 10.4 Å². The molecule has 4 rings (SSSR count). The first-order valence-corrected chi connectivity index (χ1v) is 9.50. The summed E-state index contributed by atoms with van der Waals surface area (Å²) in [6, 6.07) is 14.8. The van der Waals surface area contributed by atoms with Gasteiger partial charge >= 0.3 is 0 Å². The Kier molecular flexibility index (Phi) is 5.09. The van der Waals surface area contributed by atoms with Crippen LogP contribution >= 0.6 is 0 Å². The van der Waals surface area contributed by atoms with E-state index >= 15 is 0 Å². The molecule has 7 nitrogen and oxygen atoms in total. The highest BCUT2D eigenvalue weighted by Gasteiger charge is 2.23. The number of amides is 1. The van der Waals surface area contributed by atoms with Gasteiger partial charge in [-0.05, 0) is 37.6 Å². The second kappa shape index (κ2) is 7.88. The minimum Gasteiger partial charge on any atom is -0.492 e. The molecule has 154 valence electrons. The molecule has 1 amide bonds. The topological polar surface area (TPSA) is 104 Å². The maximum absolute atomic E-state index is 13.2. The molecule has 0 aliphatic heterocycles. The number of carbonyl (C=O) groups is 1. The number of nitrogens with zero attached hydrogens (tertiary/aromatic N) is 4. The SMILES string of the molecule is Cc1nn(Cc2ccc(F)cc2)c(C)c1NC(=O)c1c(C#N)c(O)nc2ccccc12. The fourth-order valence-corrected chi connectivity index (χ4v) is 3.51. The Bertz CT molecular complexity index is 1350. The number of halogens is 1. The summed E-state index contributed by atoms with van der Waals surface area (Å²) in [4.78, 5) is 17.2. The number of hydrogen-bond acceptors (Lipinski definition) is 5. The Morgan fingerprint density at radius 2 is 1.90 bits per heavy atom. The molecule has 2 heterocycles. The fraction of sp³-hybridized carbons (Fsp3) is 0.130. The molecule has 2 N–H and O–H groups in total. The average molecular weight is 415 g/mol. The summed E-state index contributed by atoms with van der Waals surface area (Å²) in [5.41, 5.74) is 2.94. The summed E-state index contributed by atoms with van der Waals surface area (Å²) in [6.07, 6.45) is 0. The minimum absolute atomic E-state index is 0.0516. The highest BCUT2D eigenvalue weighted by molar-refractivity contribution is 6.14. The van der Waals surface area contributed by atoms with E-state index in [4.69, 9.17) is 0 Å². The molecule has 31 heavy (non-hydrogen) atoms. The molecule has 0 unspecified atom stereocenters. The summed E-state index contributed by atoms with van der Waals surface area (Å²) < 4.78 is 14.9. The van der Waals surface area contributed by atoms with Gasteiger partial charge in [-0.3, -0.25) is 9.48 Å². The zero-order valence-corrected chi connectivity index (χ0v) is 16.8. The number of aromatic nitrogens is 3. The molecule has 2 aromatic carbocycles. The monoisotopic (exact) mass is 415 g/mol. The van der Waals surface area contributed by atoms with Gasteiger partial charge in [-0.15, -0.1) is 0 Å². The van der Waals surface area contributed by atoms with Crippen molar-refractivity contribution < 1.29 is 14.3 Å². The molecular weight excluding hydrogens is 397 g/mol. The normalized spacial score (nSPS) is 10.8. The number of rotatable bonds is 4. The standard InChI is InChI=1S/C23H18FN5O2/c1-13-21(14(2)29(28-13)12-15-7-9-16(24)10-8-15)27-23(31)20-17-5-3-4-6-19(17)26-22(30)18(20)11-25/h3-10H,12H2,1-2H3,(H,26,30)(H,27,31). The van der Waals surface area contributed by atoms with Crippen LogP contribution in [0.15, 0.2) is 48.5 Å². The van der Waals surface area contributed by atoms with Crippen molar-refractivity contribution >= 4 is 22.5 Å². The van der Waals surface area contributed by atoms with E-state index in [2.05, 4.69) is 15.4 Å². The molecule has 0 saturated carbocycles. The van der Waals surface area contributed by atoms with Crippen LogP contribution < -0.4 is 5.32 Å². The van der Waals surface area contributed by atoms with Crippen molar-refractivity contribution in [2.75, 3.05) is 5.32 Å². The van der Waals surface area contributed by atoms with Crippen LogP contribution in [0.2, 0.25) is 0 Å². The number of fused-ring (bicyclic) bond motifs is 1. The largest absolute Gasteiger partial charge is 0.492 e. The van der Waals surface area contributed by atoms with Gasteiger partial charge in [0.1, 0.15) is 17.4 Å². The van der Waals surface area contributed by atoms with Gasteiger partial charge in [-0.25, -0.2) is 9.37 Å². The van der Waals surface area contributed by atoms with E-state index in [1.165, 1.54) is 12.1 Å². The molecule has 0 radical (unpaired) electrons. The van der Waals surface area contributed by atoms with Crippen molar-refractivity contribution in [3.8, 4) is 11.9 Å². The van der Waals surface area contributed by atoms with Crippen molar-refractivity contribution in [1.29, 1.82) is 5.26 Å². The third-order valence-corrected chi connectivity index (χ3v) is 5.08. The van der Waals surface area contributed by atoms with Crippen LogP contribution in [0.25, 0.3) is 10.9 Å². The quantitative estimate of drug-likeness (QED) is 0.523. The van der Waals surface area contributed by atoms with Gasteiger partial charge in [0.2, 0.25) is 5.88 Å². The van der Waals surface area contributed by atoms with E-state index in [9.17, 15) is 19.6 Å². The Balaban J connectivity index is 1.71. The number of nitrogens with one attached hydrogen (secondary N) is 1. The zero-order valence-electron chi connectivity index (χ0n) is 16.8. The van der Waals surface area contributed by atoms with Crippen LogP contribution in [-0.4, -0.2) is 25.8 Å². The summed E-state index contributed by atoms with van der Waals surface area (Å²) in [5.74, 6) is -1.35. The summed E-state index contributed by atoms with van der Waals surface area (Å²) in [6.45, 7) is 3.98. The molecule has 0 fully saturated rings. The van der Waals surface area contributed by atoms with E-state index in [-0.39, 0.29) is 16.9 Å². The predicted octanol–water partition coefficient (Wildman–Crippen LogP) is 4.07. The second-order valence-corrected chi connectivity index (χ2v) is 7.10. The molecule has 0 bridgehead atoms. The van der Waals surface area contributed by atoms with Gasteiger partial charge in [0, 0.05) is 5.39 Å². The molecule has 8 heteroatoms. The highest BCUT2D eigenvalue weighted by atomic mass is 19.1. The van der Waals surface area contributed by atoms with Gasteiger partial charge in [0.25, 0.3) is 5.91 Å². The van der Waals surface area contributed by atoms with E-state index in [1.807, 2.05) is 13.0 Å². The summed E-state index contributed by atoms with van der Waals surface area (Å²) in [7, 11) is 0. The van der Waals surface area contributed by atoms with Gasteiger partial charge in [-0.2, -0.15) is 10.4 Å². The Labute approximate surface area is 177 Å². The minimum atomic E-state index is -0.544. The van der Waals surface area contributed by atoms with E-state index < -0.39 is 11.8 Å². The number of aromatic hydroxyl groups is 1. The number of para-hydroxylation sites is 1. The number of aryl methyl sites for hydroxylation is 1. The van der Waals surface area contributed by atoms with Crippen LogP contribution in [-0.2, 0) is 6.54 Å². The Hall–Kier alpha value is -4.25. The van der Waals surface area contributed by atoms with Crippen LogP contribution in [0.5, 0.6) is 5.88 Å². The number of carbonyl (C=O) groups excluding carboxylic acids is 1. The smallest absolute Gasteiger partial charge is 0.258 e. The van der Waals surface area contributed by atoms with Crippen LogP contribution in [0, 0.1) is 31.0 Å². The van der Waals surface area contributed by atoms with Gasteiger partial charge in [-0.1, -0.05) is 30.3 Å². The second-order valence-electron chi connectivity index (χ2n) is 7.10. The molecule has 0 atom stereocenters. The third kappa shape index (κ3) is 3.69. The molecule has 0 aliphatic carbocycles. The number of anilines is 1. The lowest BCUT2D eigenvalue weighted by Crippen LogP contribution is -2.16. The number of nitriles is 1. The first kappa shape index (κ1) is 20.0. The predicted molar refractivity (Wildman–Crippen MR) is 113 cm³/mol. The zero-order chi connectivity index (χ0) is 22.1. The van der Waals surface area contributed by atoms with Crippen molar-refractivity contribution in [3.63, 3.8) is 0 Å². The van der Waals surface area contributed by atoms with Crippen LogP contribution in [0.4, 0.5) is 10.1 Å². The number of pyridine rings is 1. The van der Waals surface area contributed by atoms with Crippen LogP contribution in [0.1, 0.15) is 32.9 Å². The maximum atomic E-state index is 13.2. The summed E-state index contributed by atoms with van der Waals surface area (Å²) >= 11 is 0. The molecule has 0 saturated heterocycles. The van der Waals surface area contributed by atoms with Crippen LogP contribution in [0.3, 0.4) is 0 Å². The molecule has 0 aliphatic rings. The van der Waals surface area contributed by atoms with Crippen molar-refractivity contribution in [3.05, 3.63) is 82.4 Å². The van der Waals surface area contributed by atoms with Crippen molar-refractivity contribution in [1.82, 2.24) is 14.8 Å². The third-order valence-electron chi connectivity index (χ3n) is 5.08. The Morgan fingerprint density at radius 1 is 1.19 bits per heavy atom. The van der Waals surface area contributed by atoms with Crippen molar-refractivity contribution in [2.24, 2.45) is 0 Å². The Morgan fingerprint density at radius 3 is 2.61 bits per heavy atom. The number of hydrogen-bond donors (Lipinski definition) is 2. The average Bonchev–Trinajstić information content (AvgIpc) is 3.01. The molecule has 0 spiro atoms. The first-order chi connectivity index (χ1) is 14.9. The lowest BCUT2D eigenvalue weighted by molar-refractivity contribution is 0.102. The molecular formula is C23H18FN5O2. The molecule has 4 aromatic rings. The van der Waals surface area contributed by atoms with Gasteiger partial charge in [0.05, 0.1) is 34.7 Å². The van der Waals surface area contributed by atoms with E-state index in [0.29, 0.717) is 34.5 Å². The van der Waals surface area contributed by atoms with Crippen molar-refractivity contribution in [2.45, 2.75) is 20.4 Å². The van der Waals surface area contributed by atoms with E-state index in [1.54, 1.807) is 48.0 Å². The number of benzene rings is 2. The lowest BCUT2D eigenvalue weighted by atomic mass is 10.0.